The first kappa shape index (κ1) is 33.0. The first-order valence-corrected chi connectivity index (χ1v) is 18.4. The largest absolute Gasteiger partial charge is 0.452 e. The quantitative estimate of drug-likeness (QED) is 0.165. The van der Waals surface area contributed by atoms with Gasteiger partial charge in [-0.2, -0.15) is 0 Å². The van der Waals surface area contributed by atoms with Crippen molar-refractivity contribution in [2.24, 2.45) is 0 Å². The smallest absolute Gasteiger partial charge is 0.159 e. The molecule has 0 radical (unpaired) electrons. The first-order valence-electron chi connectivity index (χ1n) is 18.4. The fourth-order valence-electron chi connectivity index (χ4n) is 8.25. The van der Waals surface area contributed by atoms with Gasteiger partial charge in [0.15, 0.2) is 11.5 Å². The Kier molecular flexibility index (Phi) is 8.13. The third-order valence-corrected chi connectivity index (χ3v) is 10.7. The molecule has 3 nitrogen and oxygen atoms in total. The zero-order valence-electron chi connectivity index (χ0n) is 30.5. The van der Waals surface area contributed by atoms with Crippen LogP contribution in [-0.4, -0.2) is 0 Å². The Hall–Kier alpha value is -6.84. The number of nitrogens with zero attached hydrogens (tertiary/aromatic N) is 2. The minimum absolute atomic E-state index is 0.294. The van der Waals surface area contributed by atoms with Gasteiger partial charge in [-0.25, -0.2) is 0 Å². The predicted molar refractivity (Wildman–Crippen MR) is 227 cm³/mol. The number of anilines is 6. The minimum Gasteiger partial charge on any atom is -0.452 e. The van der Waals surface area contributed by atoms with Crippen molar-refractivity contribution in [3.05, 3.63) is 212 Å². The van der Waals surface area contributed by atoms with Crippen LogP contribution in [0.1, 0.15) is 25.0 Å². The molecule has 0 bridgehead atoms. The molecule has 0 aromatic heterocycles. The molecule has 2 aliphatic rings. The van der Waals surface area contributed by atoms with Gasteiger partial charge >= 0.3 is 0 Å². The molecule has 0 saturated heterocycles. The maximum absolute atomic E-state index is 6.79. The third-order valence-electron chi connectivity index (χ3n) is 10.7. The van der Waals surface area contributed by atoms with Crippen LogP contribution < -0.4 is 14.5 Å². The minimum atomic E-state index is -0.294. The number of rotatable bonds is 7. The normalized spacial score (nSPS) is 14.5. The van der Waals surface area contributed by atoms with Crippen LogP contribution in [0.4, 0.5) is 34.1 Å². The summed E-state index contributed by atoms with van der Waals surface area (Å²) >= 11 is 0. The summed E-state index contributed by atoms with van der Waals surface area (Å²) in [5.74, 6) is 1.65. The lowest BCUT2D eigenvalue weighted by Gasteiger charge is -2.34. The molecule has 0 fully saturated rings. The Balaban J connectivity index is 1.22. The Labute approximate surface area is 318 Å². The van der Waals surface area contributed by atoms with Crippen LogP contribution in [0.5, 0.6) is 11.5 Å². The van der Waals surface area contributed by atoms with Gasteiger partial charge in [0, 0.05) is 28.0 Å². The van der Waals surface area contributed by atoms with E-state index in [1.165, 1.54) is 22.3 Å². The summed E-state index contributed by atoms with van der Waals surface area (Å²) in [5.41, 5.74) is 15.1. The highest BCUT2D eigenvalue weighted by molar-refractivity contribution is 5.96. The van der Waals surface area contributed by atoms with Crippen LogP contribution in [0.15, 0.2) is 201 Å². The van der Waals surface area contributed by atoms with Crippen LogP contribution in [0.25, 0.3) is 27.8 Å². The molecule has 0 N–H and O–H groups in total. The summed E-state index contributed by atoms with van der Waals surface area (Å²) in [5, 5.41) is 0. The van der Waals surface area contributed by atoms with Gasteiger partial charge in [0.1, 0.15) is 0 Å². The summed E-state index contributed by atoms with van der Waals surface area (Å²) < 4.78 is 6.79. The van der Waals surface area contributed by atoms with Crippen LogP contribution in [-0.2, 0) is 5.41 Å². The average molecular weight is 697 g/mol. The number of fused-ring (bicyclic) bond motifs is 3. The van der Waals surface area contributed by atoms with E-state index in [0.29, 0.717) is 0 Å². The highest BCUT2D eigenvalue weighted by Crippen LogP contribution is 2.56. The molecule has 0 atom stereocenters. The molecule has 9 rings (SSSR count). The number of hydrogen-bond donors (Lipinski definition) is 0. The topological polar surface area (TPSA) is 15.7 Å². The Morgan fingerprint density at radius 2 is 1.22 bits per heavy atom. The number of para-hydroxylation sites is 4. The SMILES string of the molecule is C=C/C=C1\C(=C)c2cccc(N(c3ccc(-c4ccccc4)cc3)c3cccc(-c4cccc5c4Oc4ccccc4N5c4ccccc4)c3)c2C1(C)C. The second-order valence-electron chi connectivity index (χ2n) is 14.3. The van der Waals surface area contributed by atoms with Gasteiger partial charge in [0.2, 0.25) is 0 Å². The van der Waals surface area contributed by atoms with Gasteiger partial charge in [-0.15, -0.1) is 0 Å². The summed E-state index contributed by atoms with van der Waals surface area (Å²) in [6.45, 7) is 13.2. The summed E-state index contributed by atoms with van der Waals surface area (Å²) in [6, 6.07) is 60.0. The van der Waals surface area contributed by atoms with Crippen LogP contribution >= 0.6 is 0 Å². The van der Waals surface area contributed by atoms with Crippen LogP contribution in [0.3, 0.4) is 0 Å². The van der Waals surface area contributed by atoms with Crippen molar-refractivity contribution in [3.8, 4) is 33.8 Å². The van der Waals surface area contributed by atoms with Crippen molar-refractivity contribution >= 4 is 39.7 Å². The molecule has 0 saturated carbocycles. The molecule has 54 heavy (non-hydrogen) atoms. The standard InChI is InChI=1S/C51H40N2O/c1-5-17-44-35(2)42-24-15-27-46(49(42)51(44,3)4)52(40-32-30-37(31-33-40)36-18-8-6-9-19-36)41-23-14-20-38(34-41)43-25-16-28-47-50(43)54-48-29-13-12-26-45(48)53(47)39-21-10-7-11-22-39/h5-34H,1-2H2,3-4H3/b44-17+. The molecule has 1 aliphatic carbocycles. The second kappa shape index (κ2) is 13.3. The molecule has 1 aliphatic heterocycles. The van der Waals surface area contributed by atoms with E-state index >= 15 is 0 Å². The molecule has 7 aromatic carbocycles. The van der Waals surface area contributed by atoms with Crippen molar-refractivity contribution in [2.45, 2.75) is 19.3 Å². The lowest BCUT2D eigenvalue weighted by molar-refractivity contribution is 0.479. The third kappa shape index (κ3) is 5.45. The van der Waals surface area contributed by atoms with Crippen molar-refractivity contribution < 1.29 is 4.74 Å². The van der Waals surface area contributed by atoms with Crippen molar-refractivity contribution in [3.63, 3.8) is 0 Å². The lowest BCUT2D eigenvalue weighted by Crippen LogP contribution is -2.20. The average Bonchev–Trinajstić information content (AvgIpc) is 3.41. The first-order chi connectivity index (χ1) is 26.4. The van der Waals surface area contributed by atoms with E-state index < -0.39 is 0 Å². The van der Waals surface area contributed by atoms with Crippen molar-refractivity contribution in [1.82, 2.24) is 0 Å². The number of ether oxygens (including phenoxy) is 1. The fraction of sp³-hybridized carbons (Fsp3) is 0.0588. The summed E-state index contributed by atoms with van der Waals surface area (Å²) in [4.78, 5) is 4.68. The monoisotopic (exact) mass is 696 g/mol. The van der Waals surface area contributed by atoms with Gasteiger partial charge in [0.25, 0.3) is 0 Å². The summed E-state index contributed by atoms with van der Waals surface area (Å²) in [6.07, 6.45) is 3.98. The van der Waals surface area contributed by atoms with Crippen molar-refractivity contribution in [2.75, 3.05) is 9.80 Å². The van der Waals surface area contributed by atoms with E-state index in [2.05, 4.69) is 201 Å². The van der Waals surface area contributed by atoms with E-state index in [1.807, 2.05) is 18.2 Å². The zero-order valence-corrected chi connectivity index (χ0v) is 30.5. The highest BCUT2D eigenvalue weighted by Gasteiger charge is 2.40. The van der Waals surface area contributed by atoms with E-state index in [1.54, 1.807) is 0 Å². The Bertz CT molecular complexity index is 2580. The maximum Gasteiger partial charge on any atom is 0.159 e. The molecule has 0 amide bonds. The van der Waals surface area contributed by atoms with E-state index in [4.69, 9.17) is 4.74 Å². The molecule has 3 heteroatoms. The Morgan fingerprint density at radius 3 is 2.00 bits per heavy atom. The number of allylic oxidation sites excluding steroid dienone is 4. The predicted octanol–water partition coefficient (Wildman–Crippen LogP) is 14.5. The van der Waals surface area contributed by atoms with E-state index in [9.17, 15) is 0 Å². The van der Waals surface area contributed by atoms with Crippen LogP contribution in [0.2, 0.25) is 0 Å². The lowest BCUT2D eigenvalue weighted by atomic mass is 9.81. The number of benzene rings is 7. The molecule has 260 valence electrons. The maximum atomic E-state index is 6.79. The van der Waals surface area contributed by atoms with E-state index in [-0.39, 0.29) is 5.41 Å². The van der Waals surface area contributed by atoms with Gasteiger partial charge < -0.3 is 14.5 Å². The zero-order chi connectivity index (χ0) is 36.8. The summed E-state index contributed by atoms with van der Waals surface area (Å²) in [7, 11) is 0. The molecule has 0 spiro atoms. The molecule has 0 unspecified atom stereocenters. The van der Waals surface area contributed by atoms with Gasteiger partial charge in [-0.1, -0.05) is 148 Å². The van der Waals surface area contributed by atoms with Gasteiger partial charge in [-0.05, 0) is 99.6 Å². The molecular weight excluding hydrogens is 657 g/mol. The highest BCUT2D eigenvalue weighted by atomic mass is 16.5. The van der Waals surface area contributed by atoms with E-state index in [0.717, 1.165) is 67.9 Å². The molecule has 1 heterocycles. The van der Waals surface area contributed by atoms with Gasteiger partial charge in [0.05, 0.1) is 17.1 Å². The van der Waals surface area contributed by atoms with Crippen molar-refractivity contribution in [1.29, 1.82) is 0 Å². The number of hydrogen-bond acceptors (Lipinski definition) is 3. The molecule has 7 aromatic rings. The fourth-order valence-corrected chi connectivity index (χ4v) is 8.25. The second-order valence-corrected chi connectivity index (χ2v) is 14.3. The molecular formula is C51H40N2O. The Morgan fingerprint density at radius 1 is 0.593 bits per heavy atom. The van der Waals surface area contributed by atoms with Crippen LogP contribution in [0, 0.1) is 0 Å². The van der Waals surface area contributed by atoms with Gasteiger partial charge in [-0.3, -0.25) is 0 Å².